The first kappa shape index (κ1) is 17.3. The highest BCUT2D eigenvalue weighted by Crippen LogP contribution is 2.15. The molecule has 3 aromatic heterocycles. The van der Waals surface area contributed by atoms with Crippen molar-refractivity contribution < 1.29 is 0 Å². The molecule has 0 aromatic carbocycles. The van der Waals surface area contributed by atoms with E-state index in [0.29, 0.717) is 5.92 Å². The number of anilines is 1. The molecule has 0 spiro atoms. The number of aromatic nitrogens is 3. The van der Waals surface area contributed by atoms with Crippen molar-refractivity contribution in [2.24, 2.45) is 5.92 Å². The van der Waals surface area contributed by atoms with Crippen LogP contribution < -0.4 is 21.0 Å². The summed E-state index contributed by atoms with van der Waals surface area (Å²) in [4.78, 5) is 24.8. The number of piperazine rings is 1. The average Bonchev–Trinajstić information content (AvgIpc) is 3.11. The minimum Gasteiger partial charge on any atom is -0.354 e. The van der Waals surface area contributed by atoms with Gasteiger partial charge in [0.1, 0.15) is 11.5 Å². The third-order valence-corrected chi connectivity index (χ3v) is 5.78. The van der Waals surface area contributed by atoms with E-state index in [2.05, 4.69) is 61.6 Å². The van der Waals surface area contributed by atoms with Crippen molar-refractivity contribution in [1.29, 1.82) is 0 Å². The van der Waals surface area contributed by atoms with Crippen LogP contribution in [0.4, 0.5) is 5.82 Å². The van der Waals surface area contributed by atoms with Crippen molar-refractivity contribution >= 4 is 23.6 Å². The smallest absolute Gasteiger partial charge is 0.258 e. The van der Waals surface area contributed by atoms with E-state index < -0.39 is 0 Å². The van der Waals surface area contributed by atoms with Gasteiger partial charge in [0.25, 0.3) is 5.56 Å². The number of hydrogen-bond acceptors (Lipinski definition) is 4. The summed E-state index contributed by atoms with van der Waals surface area (Å²) >= 11 is 0. The number of H-pyrrole nitrogens is 1. The second-order valence-electron chi connectivity index (χ2n) is 7.89. The summed E-state index contributed by atoms with van der Waals surface area (Å²) in [6.07, 6.45) is 9.29. The van der Waals surface area contributed by atoms with Crippen LogP contribution in [0.2, 0.25) is 0 Å². The number of rotatable bonds is 3. The summed E-state index contributed by atoms with van der Waals surface area (Å²) in [6.45, 7) is 7.03. The van der Waals surface area contributed by atoms with Crippen LogP contribution in [0.15, 0.2) is 41.5 Å². The van der Waals surface area contributed by atoms with Gasteiger partial charge in [-0.1, -0.05) is 25.1 Å². The van der Waals surface area contributed by atoms with Gasteiger partial charge >= 0.3 is 0 Å². The first-order valence-corrected chi connectivity index (χ1v) is 10.0. The van der Waals surface area contributed by atoms with Crippen LogP contribution in [0.5, 0.6) is 0 Å². The Labute approximate surface area is 163 Å². The highest BCUT2D eigenvalue weighted by Gasteiger charge is 2.18. The number of pyridine rings is 1. The number of fused-ring (bicyclic) bond motifs is 3. The molecule has 0 saturated carbocycles. The topological polar surface area (TPSA) is 56.6 Å². The van der Waals surface area contributed by atoms with Gasteiger partial charge in [-0.15, -0.1) is 0 Å². The fraction of sp³-hybridized carbons (Fsp3) is 0.364. The normalized spacial score (nSPS) is 19.9. The van der Waals surface area contributed by atoms with Gasteiger partial charge in [0.15, 0.2) is 0 Å². The molecule has 0 amide bonds. The maximum atomic E-state index is 12.5. The summed E-state index contributed by atoms with van der Waals surface area (Å²) in [6, 6.07) is 8.18. The molecule has 1 unspecified atom stereocenters. The monoisotopic (exact) mass is 375 g/mol. The molecular formula is C22H25N5O. The van der Waals surface area contributed by atoms with Gasteiger partial charge in [-0.2, -0.15) is 0 Å². The van der Waals surface area contributed by atoms with Gasteiger partial charge < -0.3 is 14.3 Å². The minimum atomic E-state index is 0.0129. The van der Waals surface area contributed by atoms with Gasteiger partial charge in [0, 0.05) is 45.1 Å². The van der Waals surface area contributed by atoms with E-state index in [9.17, 15) is 4.79 Å². The molecule has 1 fully saturated rings. The van der Waals surface area contributed by atoms with Crippen molar-refractivity contribution in [3.8, 4) is 0 Å². The summed E-state index contributed by atoms with van der Waals surface area (Å²) in [7, 11) is 0. The van der Waals surface area contributed by atoms with E-state index in [1.807, 2.05) is 18.3 Å². The zero-order chi connectivity index (χ0) is 19.1. The lowest BCUT2D eigenvalue weighted by atomic mass is 10.0. The summed E-state index contributed by atoms with van der Waals surface area (Å²) in [5.74, 6) is 1.47. The summed E-state index contributed by atoms with van der Waals surface area (Å²) in [5, 5.41) is 1.83. The van der Waals surface area contributed by atoms with E-state index in [1.165, 1.54) is 5.56 Å². The lowest BCUT2D eigenvalue weighted by Gasteiger charge is -2.35. The molecule has 2 aliphatic rings. The van der Waals surface area contributed by atoms with Crippen LogP contribution in [0.3, 0.4) is 0 Å². The maximum Gasteiger partial charge on any atom is 0.258 e. The largest absolute Gasteiger partial charge is 0.354 e. The third kappa shape index (κ3) is 3.14. The van der Waals surface area contributed by atoms with Crippen molar-refractivity contribution in [3.05, 3.63) is 63.1 Å². The standard InChI is InChI=1S/C22H25N5O/c1-16-5-6-19-18(12-16)22(28)24-21-13-17(15-27(19)21)14-25-8-10-26(11-9-25)20-4-2-3-7-23-20/h2-4,6-7,12-13,15-16H,5,8-11,14H2,1H3,(H,24,28). The minimum absolute atomic E-state index is 0.0129. The Morgan fingerprint density at radius 1 is 1.21 bits per heavy atom. The van der Waals surface area contributed by atoms with Crippen molar-refractivity contribution in [1.82, 2.24) is 19.3 Å². The third-order valence-electron chi connectivity index (χ3n) is 5.78. The molecule has 144 valence electrons. The molecule has 0 bridgehead atoms. The van der Waals surface area contributed by atoms with Crippen molar-refractivity contribution in [2.75, 3.05) is 31.1 Å². The van der Waals surface area contributed by atoms with Crippen LogP contribution >= 0.6 is 0 Å². The average molecular weight is 375 g/mol. The molecule has 6 heteroatoms. The first-order valence-electron chi connectivity index (χ1n) is 10.0. The number of hydrogen-bond donors (Lipinski definition) is 1. The highest BCUT2D eigenvalue weighted by atomic mass is 16.1. The zero-order valence-corrected chi connectivity index (χ0v) is 16.1. The number of aromatic amines is 1. The summed E-state index contributed by atoms with van der Waals surface area (Å²) in [5.41, 5.74) is 2.13. The Morgan fingerprint density at radius 3 is 2.86 bits per heavy atom. The Bertz CT molecular complexity index is 1170. The van der Waals surface area contributed by atoms with Crippen LogP contribution in [-0.4, -0.2) is 45.4 Å². The lowest BCUT2D eigenvalue weighted by molar-refractivity contribution is 0.249. The molecule has 3 aromatic rings. The molecule has 28 heavy (non-hydrogen) atoms. The van der Waals surface area contributed by atoms with Gasteiger partial charge in [0.2, 0.25) is 0 Å². The van der Waals surface area contributed by atoms with E-state index >= 15 is 0 Å². The Kier molecular flexibility index (Phi) is 4.28. The quantitative estimate of drug-likeness (QED) is 0.741. The van der Waals surface area contributed by atoms with Crippen LogP contribution in [0.25, 0.3) is 17.8 Å². The van der Waals surface area contributed by atoms with E-state index in [-0.39, 0.29) is 5.56 Å². The second-order valence-corrected chi connectivity index (χ2v) is 7.89. The lowest BCUT2D eigenvalue weighted by Crippen LogP contribution is -2.46. The van der Waals surface area contributed by atoms with E-state index in [4.69, 9.17) is 0 Å². The Hall–Kier alpha value is -2.86. The van der Waals surface area contributed by atoms with Gasteiger partial charge in [-0.3, -0.25) is 9.69 Å². The van der Waals surface area contributed by atoms with Crippen LogP contribution in [-0.2, 0) is 6.54 Å². The first-order chi connectivity index (χ1) is 13.7. The number of nitrogens with zero attached hydrogens (tertiary/aromatic N) is 4. The Balaban J connectivity index is 1.36. The predicted octanol–water partition coefficient (Wildman–Crippen LogP) is 0.946. The summed E-state index contributed by atoms with van der Waals surface area (Å²) < 4.78 is 2.14. The van der Waals surface area contributed by atoms with Crippen molar-refractivity contribution in [3.63, 3.8) is 0 Å². The van der Waals surface area contributed by atoms with E-state index in [0.717, 1.165) is 61.2 Å². The second kappa shape index (κ2) is 6.95. The molecule has 5 rings (SSSR count). The van der Waals surface area contributed by atoms with E-state index in [1.54, 1.807) is 0 Å². The number of nitrogens with one attached hydrogen (secondary N) is 1. The fourth-order valence-corrected chi connectivity index (χ4v) is 4.28. The predicted molar refractivity (Wildman–Crippen MR) is 112 cm³/mol. The molecular weight excluding hydrogens is 350 g/mol. The maximum absolute atomic E-state index is 12.5. The molecule has 1 aliphatic heterocycles. The zero-order valence-electron chi connectivity index (χ0n) is 16.1. The molecule has 1 aliphatic carbocycles. The van der Waals surface area contributed by atoms with Crippen LogP contribution in [0.1, 0.15) is 18.9 Å². The van der Waals surface area contributed by atoms with Crippen LogP contribution in [0, 0.1) is 5.92 Å². The molecule has 4 heterocycles. The fourth-order valence-electron chi connectivity index (χ4n) is 4.28. The van der Waals surface area contributed by atoms with Gasteiger partial charge in [0.05, 0.1) is 10.6 Å². The Morgan fingerprint density at radius 2 is 2.07 bits per heavy atom. The molecule has 1 atom stereocenters. The molecule has 0 radical (unpaired) electrons. The van der Waals surface area contributed by atoms with Gasteiger partial charge in [-0.25, -0.2) is 4.98 Å². The van der Waals surface area contributed by atoms with Crippen molar-refractivity contribution in [2.45, 2.75) is 19.9 Å². The molecule has 1 saturated heterocycles. The molecule has 1 N–H and O–H groups in total. The highest BCUT2D eigenvalue weighted by molar-refractivity contribution is 5.47. The van der Waals surface area contributed by atoms with Gasteiger partial charge in [-0.05, 0) is 36.1 Å². The SMILES string of the molecule is CC1C=c2c(=O)[nH]c3cc(CN4CCN(c5ccccn5)CC4)cn3c2=CC1. The molecule has 6 nitrogen and oxygen atoms in total.